The predicted molar refractivity (Wildman–Crippen MR) is 92.4 cm³/mol. The molecule has 0 fully saturated rings. The molecule has 0 saturated carbocycles. The van der Waals surface area contributed by atoms with Gasteiger partial charge in [0.2, 0.25) is 5.91 Å². The fourth-order valence-electron chi connectivity index (χ4n) is 2.56. The highest BCUT2D eigenvalue weighted by Crippen LogP contribution is 2.31. The van der Waals surface area contributed by atoms with E-state index in [-0.39, 0.29) is 17.2 Å². The molecule has 6 nitrogen and oxygen atoms in total. The molecule has 0 bridgehead atoms. The number of rotatable bonds is 4. The first-order chi connectivity index (χ1) is 11.3. The molecule has 0 unspecified atom stereocenters. The van der Waals surface area contributed by atoms with Crippen LogP contribution in [0.25, 0.3) is 0 Å². The quantitative estimate of drug-likeness (QED) is 0.902. The van der Waals surface area contributed by atoms with E-state index in [2.05, 4.69) is 4.72 Å². The third-order valence-corrected chi connectivity index (χ3v) is 5.52. The number of nitrogens with zero attached hydrogens (tertiary/aromatic N) is 1. The van der Waals surface area contributed by atoms with Crippen LogP contribution in [-0.4, -0.2) is 28.5 Å². The van der Waals surface area contributed by atoms with Gasteiger partial charge in [0.15, 0.2) is 0 Å². The Balaban J connectivity index is 1.90. The van der Waals surface area contributed by atoms with Crippen LogP contribution < -0.4 is 14.4 Å². The van der Waals surface area contributed by atoms with Gasteiger partial charge in [0.25, 0.3) is 10.0 Å². The van der Waals surface area contributed by atoms with E-state index in [9.17, 15) is 13.2 Å². The molecule has 3 rings (SSSR count). The maximum atomic E-state index is 12.5. The summed E-state index contributed by atoms with van der Waals surface area (Å²) in [6, 6.07) is 9.24. The Morgan fingerprint density at radius 3 is 2.62 bits per heavy atom. The van der Waals surface area contributed by atoms with Gasteiger partial charge in [-0.1, -0.05) is 11.6 Å². The molecule has 1 amide bonds. The Labute approximate surface area is 145 Å². The fourth-order valence-corrected chi connectivity index (χ4v) is 3.92. The van der Waals surface area contributed by atoms with Crippen molar-refractivity contribution in [2.24, 2.45) is 0 Å². The zero-order valence-electron chi connectivity index (χ0n) is 13.0. The zero-order valence-corrected chi connectivity index (χ0v) is 14.6. The Hall–Kier alpha value is -2.25. The first-order valence-corrected chi connectivity index (χ1v) is 8.94. The monoisotopic (exact) mass is 366 g/mol. The maximum Gasteiger partial charge on any atom is 0.261 e. The second-order valence-corrected chi connectivity index (χ2v) is 7.46. The van der Waals surface area contributed by atoms with Crippen LogP contribution >= 0.6 is 11.6 Å². The lowest BCUT2D eigenvalue weighted by molar-refractivity contribution is -0.117. The molecule has 1 heterocycles. The summed E-state index contributed by atoms with van der Waals surface area (Å²) in [5.41, 5.74) is 1.75. The number of methoxy groups -OCH3 is 1. The molecule has 0 saturated heterocycles. The summed E-state index contributed by atoms with van der Waals surface area (Å²) in [5.74, 6) is 0.396. The van der Waals surface area contributed by atoms with Crippen molar-refractivity contribution in [3.8, 4) is 5.75 Å². The molecule has 0 aliphatic carbocycles. The number of anilines is 2. The van der Waals surface area contributed by atoms with Gasteiger partial charge in [-0.15, -0.1) is 0 Å². The van der Waals surface area contributed by atoms with E-state index in [4.69, 9.17) is 16.3 Å². The van der Waals surface area contributed by atoms with E-state index in [1.165, 1.54) is 30.2 Å². The Kier molecular flexibility index (Phi) is 4.15. The molecular weight excluding hydrogens is 352 g/mol. The van der Waals surface area contributed by atoms with Crippen molar-refractivity contribution in [3.63, 3.8) is 0 Å². The van der Waals surface area contributed by atoms with E-state index < -0.39 is 10.0 Å². The standard InChI is InChI=1S/C16H15ClN2O4S/c1-19-14-5-4-12(7-10(14)8-16(19)20)24(21,22)18-11-3-6-15(23-2)13(17)9-11/h3-7,9,18H,8H2,1-2H3. The van der Waals surface area contributed by atoms with Crippen LogP contribution in [0.5, 0.6) is 5.75 Å². The van der Waals surface area contributed by atoms with Gasteiger partial charge in [0, 0.05) is 12.7 Å². The summed E-state index contributed by atoms with van der Waals surface area (Å²) in [6.45, 7) is 0. The minimum Gasteiger partial charge on any atom is -0.495 e. The third kappa shape index (κ3) is 2.92. The van der Waals surface area contributed by atoms with E-state index in [0.29, 0.717) is 22.0 Å². The first kappa shape index (κ1) is 16.6. The fraction of sp³-hybridized carbons (Fsp3) is 0.188. The summed E-state index contributed by atoms with van der Waals surface area (Å²) < 4.78 is 32.6. The van der Waals surface area contributed by atoms with Crippen molar-refractivity contribution in [2.75, 3.05) is 23.8 Å². The first-order valence-electron chi connectivity index (χ1n) is 7.07. The predicted octanol–water partition coefficient (Wildman–Crippen LogP) is 2.67. The van der Waals surface area contributed by atoms with Crippen molar-refractivity contribution in [3.05, 3.63) is 47.0 Å². The molecule has 1 N–H and O–H groups in total. The zero-order chi connectivity index (χ0) is 17.5. The van der Waals surface area contributed by atoms with E-state index in [0.717, 1.165) is 5.69 Å². The Bertz CT molecular complexity index is 928. The number of hydrogen-bond donors (Lipinski definition) is 1. The molecule has 0 spiro atoms. The van der Waals surface area contributed by atoms with Gasteiger partial charge in [-0.05, 0) is 42.0 Å². The SMILES string of the molecule is COc1ccc(NS(=O)(=O)c2ccc3c(c2)CC(=O)N3C)cc1Cl. The minimum absolute atomic E-state index is 0.0607. The van der Waals surface area contributed by atoms with Gasteiger partial charge in [-0.3, -0.25) is 9.52 Å². The number of amides is 1. The summed E-state index contributed by atoms with van der Waals surface area (Å²) in [4.78, 5) is 13.3. The van der Waals surface area contributed by atoms with Crippen molar-refractivity contribution >= 4 is 38.9 Å². The van der Waals surface area contributed by atoms with Gasteiger partial charge in [-0.2, -0.15) is 0 Å². The Morgan fingerprint density at radius 1 is 1.21 bits per heavy atom. The van der Waals surface area contributed by atoms with Gasteiger partial charge < -0.3 is 9.64 Å². The summed E-state index contributed by atoms with van der Waals surface area (Å²) in [7, 11) is -0.639. The average molecular weight is 367 g/mol. The average Bonchev–Trinajstić information content (AvgIpc) is 2.81. The number of carbonyl (C=O) groups is 1. The molecule has 0 atom stereocenters. The van der Waals surface area contributed by atoms with Crippen LogP contribution in [0.15, 0.2) is 41.3 Å². The smallest absolute Gasteiger partial charge is 0.261 e. The molecule has 2 aromatic rings. The Morgan fingerprint density at radius 2 is 1.96 bits per heavy atom. The van der Waals surface area contributed by atoms with Crippen LogP contribution in [0.2, 0.25) is 5.02 Å². The molecule has 126 valence electrons. The highest BCUT2D eigenvalue weighted by molar-refractivity contribution is 7.92. The van der Waals surface area contributed by atoms with Crippen LogP contribution in [-0.2, 0) is 21.2 Å². The third-order valence-electron chi connectivity index (χ3n) is 3.84. The summed E-state index contributed by atoms with van der Waals surface area (Å²) in [5, 5.41) is 0.305. The van der Waals surface area contributed by atoms with E-state index in [1.807, 2.05) is 0 Å². The molecule has 0 radical (unpaired) electrons. The molecule has 1 aliphatic heterocycles. The number of likely N-dealkylation sites (N-methyl/N-ethyl adjacent to an activating group) is 1. The van der Waals surface area contributed by atoms with Crippen LogP contribution in [0.4, 0.5) is 11.4 Å². The number of halogens is 1. The number of benzene rings is 2. The lowest BCUT2D eigenvalue weighted by Gasteiger charge is -2.12. The van der Waals surface area contributed by atoms with Crippen molar-refractivity contribution in [2.45, 2.75) is 11.3 Å². The van der Waals surface area contributed by atoms with E-state index in [1.54, 1.807) is 25.2 Å². The molecule has 24 heavy (non-hydrogen) atoms. The van der Waals surface area contributed by atoms with Crippen LogP contribution in [0, 0.1) is 0 Å². The normalized spacial score (nSPS) is 13.8. The maximum absolute atomic E-state index is 12.5. The lowest BCUT2D eigenvalue weighted by atomic mass is 10.2. The highest BCUT2D eigenvalue weighted by Gasteiger charge is 2.26. The molecule has 2 aromatic carbocycles. The van der Waals surface area contributed by atoms with E-state index >= 15 is 0 Å². The summed E-state index contributed by atoms with van der Waals surface area (Å²) >= 11 is 6.01. The second kappa shape index (κ2) is 5.99. The van der Waals surface area contributed by atoms with Gasteiger partial charge in [-0.25, -0.2) is 8.42 Å². The molecule has 1 aliphatic rings. The summed E-state index contributed by atoms with van der Waals surface area (Å²) in [6.07, 6.45) is 0.198. The van der Waals surface area contributed by atoms with Crippen molar-refractivity contribution < 1.29 is 17.9 Å². The molecular formula is C16H15ClN2O4S. The number of fused-ring (bicyclic) bond motifs is 1. The molecule has 8 heteroatoms. The molecule has 0 aromatic heterocycles. The number of ether oxygens (including phenoxy) is 1. The minimum atomic E-state index is -3.79. The lowest BCUT2D eigenvalue weighted by Crippen LogP contribution is -2.20. The number of carbonyl (C=O) groups excluding carboxylic acids is 1. The van der Waals surface area contributed by atoms with Gasteiger partial charge in [0.05, 0.1) is 29.1 Å². The van der Waals surface area contributed by atoms with Crippen molar-refractivity contribution in [1.29, 1.82) is 0 Å². The van der Waals surface area contributed by atoms with Gasteiger partial charge in [0.1, 0.15) is 5.75 Å². The number of nitrogens with one attached hydrogen (secondary N) is 1. The topological polar surface area (TPSA) is 75.7 Å². The van der Waals surface area contributed by atoms with Gasteiger partial charge >= 0.3 is 0 Å². The largest absolute Gasteiger partial charge is 0.495 e. The highest BCUT2D eigenvalue weighted by atomic mass is 35.5. The number of hydrogen-bond acceptors (Lipinski definition) is 4. The van der Waals surface area contributed by atoms with Crippen LogP contribution in [0.3, 0.4) is 0 Å². The van der Waals surface area contributed by atoms with Crippen LogP contribution in [0.1, 0.15) is 5.56 Å². The van der Waals surface area contributed by atoms with Crippen molar-refractivity contribution in [1.82, 2.24) is 0 Å². The number of sulfonamides is 1. The second-order valence-electron chi connectivity index (χ2n) is 5.37.